The minimum Gasteiger partial charge on any atom is -0.242 e. The summed E-state index contributed by atoms with van der Waals surface area (Å²) in [6.07, 6.45) is -7.54. The predicted octanol–water partition coefficient (Wildman–Crippen LogP) is 9.02. The van der Waals surface area contributed by atoms with Crippen molar-refractivity contribution in [2.45, 2.75) is 37.3 Å². The molecule has 0 spiro atoms. The zero-order chi connectivity index (χ0) is 28.6. The molecule has 0 amide bonds. The molecule has 0 radical (unpaired) electrons. The number of hydrogen-bond donors (Lipinski definition) is 1. The number of thioether (sulfide) groups is 1. The summed E-state index contributed by atoms with van der Waals surface area (Å²) in [4.78, 5) is 0. The van der Waals surface area contributed by atoms with Crippen LogP contribution in [0, 0.1) is 5.82 Å². The Bertz CT molecular complexity index is 1210. The molecule has 0 saturated heterocycles. The van der Waals surface area contributed by atoms with E-state index >= 15 is 8.78 Å². The van der Waals surface area contributed by atoms with Crippen LogP contribution in [0.25, 0.3) is 11.8 Å². The second-order valence-corrected chi connectivity index (χ2v) is 10.3. The fraction of sp³-hybridized carbons (Fsp3) is 0.333. The van der Waals surface area contributed by atoms with Crippen molar-refractivity contribution in [1.82, 2.24) is 10.4 Å². The van der Waals surface area contributed by atoms with Gasteiger partial charge in [0, 0.05) is 17.4 Å². The quantitative estimate of drug-likeness (QED) is 0.183. The first-order valence-corrected chi connectivity index (χ1v) is 12.6. The number of fused-ring (bicyclic) bond motifs is 1. The average Bonchev–Trinajstić information content (AvgIpc) is 2.96. The first kappa shape index (κ1) is 30.5. The maximum Gasteiger partial charge on any atom is 0.399 e. The van der Waals surface area contributed by atoms with Gasteiger partial charge in [-0.25, -0.2) is 14.8 Å². The first-order valence-electron chi connectivity index (χ1n) is 10.7. The lowest BCUT2D eigenvalue weighted by Crippen LogP contribution is -2.48. The number of nitrogens with zero attached hydrogens (tertiary/aromatic N) is 1. The number of halogens is 11. The van der Waals surface area contributed by atoms with Crippen molar-refractivity contribution in [2.24, 2.45) is 0 Å². The average molecular weight is 609 g/mol. The van der Waals surface area contributed by atoms with E-state index < -0.39 is 63.1 Å². The molecule has 2 atom stereocenters. The van der Waals surface area contributed by atoms with Crippen molar-refractivity contribution in [3.8, 4) is 0 Å². The van der Waals surface area contributed by atoms with Crippen LogP contribution in [-0.4, -0.2) is 34.9 Å². The zero-order valence-electron chi connectivity index (χ0n) is 19.3. The lowest BCUT2D eigenvalue weighted by molar-refractivity contribution is -0.141. The van der Waals surface area contributed by atoms with Gasteiger partial charge in [-0.15, -0.1) is 0 Å². The summed E-state index contributed by atoms with van der Waals surface area (Å²) in [5.74, 6) is -4.61. The molecule has 1 heterocycles. The molecule has 0 fully saturated rings. The third-order valence-electron chi connectivity index (χ3n) is 5.41. The Balaban J connectivity index is 1.84. The molecule has 14 heteroatoms. The van der Waals surface area contributed by atoms with Gasteiger partial charge >= 0.3 is 18.4 Å². The summed E-state index contributed by atoms with van der Waals surface area (Å²) in [6.45, 7) is 5.04. The Morgan fingerprint density at radius 3 is 2.24 bits per heavy atom. The Morgan fingerprint density at radius 2 is 1.68 bits per heavy atom. The minimum absolute atomic E-state index is 0.000381. The summed E-state index contributed by atoms with van der Waals surface area (Å²) < 4.78 is 122. The predicted molar refractivity (Wildman–Crippen MR) is 131 cm³/mol. The molecule has 1 aliphatic rings. The van der Waals surface area contributed by atoms with E-state index in [1.807, 2.05) is 0 Å². The second-order valence-electron chi connectivity index (χ2n) is 8.47. The molecule has 3 rings (SSSR count). The van der Waals surface area contributed by atoms with E-state index in [0.29, 0.717) is 22.8 Å². The van der Waals surface area contributed by atoms with Crippen molar-refractivity contribution in [3.05, 3.63) is 81.1 Å². The van der Waals surface area contributed by atoms with E-state index in [2.05, 4.69) is 12.0 Å². The minimum atomic E-state index is -4.84. The number of rotatable bonds is 8. The molecule has 38 heavy (non-hydrogen) atoms. The zero-order valence-corrected chi connectivity index (χ0v) is 21.7. The van der Waals surface area contributed by atoms with Gasteiger partial charge in [-0.2, -0.15) is 46.9 Å². The van der Waals surface area contributed by atoms with E-state index in [0.717, 1.165) is 24.3 Å². The molecule has 0 aliphatic carbocycles. The van der Waals surface area contributed by atoms with Gasteiger partial charge < -0.3 is 0 Å². The Kier molecular flexibility index (Phi) is 9.02. The molecule has 1 aliphatic heterocycles. The standard InChI is InChI=1S/C24H19Cl2F9N2S/c1-12(10-38-11-22(28,29)30)36-37-13(2)16-5-3-14(7-18(16)24(37,34)35)4-6-17(23(31,32)33)15-8-19(25)21(27)20(26)9-15/h3-9,12,17,36H,2,10-11H2,1H3/b6-4+. The molecule has 0 saturated carbocycles. The molecule has 2 nitrogen and oxygen atoms in total. The Hall–Kier alpha value is -2.02. The highest BCUT2D eigenvalue weighted by Gasteiger charge is 2.49. The first-order chi connectivity index (χ1) is 17.4. The van der Waals surface area contributed by atoms with Crippen molar-refractivity contribution in [2.75, 3.05) is 11.5 Å². The number of nitrogens with one attached hydrogen (secondary N) is 1. The molecular weight excluding hydrogens is 590 g/mol. The normalized spacial score (nSPS) is 17.3. The molecule has 2 unspecified atom stereocenters. The van der Waals surface area contributed by atoms with Crippen LogP contribution in [0.2, 0.25) is 10.0 Å². The lowest BCUT2D eigenvalue weighted by atomic mass is 9.96. The van der Waals surface area contributed by atoms with E-state index in [-0.39, 0.29) is 22.6 Å². The summed E-state index contributed by atoms with van der Waals surface area (Å²) in [6, 6.07) is 0.625. The number of benzene rings is 2. The molecule has 2 aromatic rings. The fourth-order valence-electron chi connectivity index (χ4n) is 3.72. The van der Waals surface area contributed by atoms with Crippen LogP contribution in [0.4, 0.5) is 39.5 Å². The summed E-state index contributed by atoms with van der Waals surface area (Å²) >= 11 is 11.8. The number of hydrazine groups is 1. The van der Waals surface area contributed by atoms with Gasteiger partial charge in [0.25, 0.3) is 0 Å². The van der Waals surface area contributed by atoms with Gasteiger partial charge in [-0.1, -0.05) is 54.1 Å². The van der Waals surface area contributed by atoms with Crippen LogP contribution >= 0.6 is 35.0 Å². The summed E-state index contributed by atoms with van der Waals surface area (Å²) in [5.41, 5.74) is 1.31. The Morgan fingerprint density at radius 1 is 1.08 bits per heavy atom. The van der Waals surface area contributed by atoms with Crippen LogP contribution in [0.5, 0.6) is 0 Å². The SMILES string of the molecule is C=C1c2ccc(/C=C/C(c3cc(Cl)c(F)c(Cl)c3)C(F)(F)F)cc2C(F)(F)N1NC(C)CSCC(F)(F)F. The summed E-state index contributed by atoms with van der Waals surface area (Å²) in [7, 11) is 0. The van der Waals surface area contributed by atoms with Gasteiger partial charge in [0.15, 0.2) is 5.82 Å². The van der Waals surface area contributed by atoms with Gasteiger partial charge in [0.05, 0.1) is 33.0 Å². The van der Waals surface area contributed by atoms with Gasteiger partial charge in [0.2, 0.25) is 0 Å². The van der Waals surface area contributed by atoms with Crippen LogP contribution in [0.1, 0.15) is 35.1 Å². The molecular formula is C24H19Cl2F9N2S. The highest BCUT2D eigenvalue weighted by Crippen LogP contribution is 2.47. The van der Waals surface area contributed by atoms with Crippen molar-refractivity contribution in [1.29, 1.82) is 0 Å². The lowest BCUT2D eigenvalue weighted by Gasteiger charge is -2.30. The molecule has 2 aromatic carbocycles. The van der Waals surface area contributed by atoms with Gasteiger partial charge in [-0.3, -0.25) is 0 Å². The smallest absolute Gasteiger partial charge is 0.242 e. The monoisotopic (exact) mass is 608 g/mol. The summed E-state index contributed by atoms with van der Waals surface area (Å²) in [5, 5.41) is -0.778. The molecule has 1 N–H and O–H groups in total. The van der Waals surface area contributed by atoms with E-state index in [9.17, 15) is 30.7 Å². The van der Waals surface area contributed by atoms with Crippen molar-refractivity contribution < 1.29 is 39.5 Å². The van der Waals surface area contributed by atoms with E-state index in [1.54, 1.807) is 0 Å². The molecule has 0 aromatic heterocycles. The van der Waals surface area contributed by atoms with Gasteiger partial charge in [-0.05, 0) is 36.2 Å². The third kappa shape index (κ3) is 6.94. The number of allylic oxidation sites excluding steroid dienone is 1. The van der Waals surface area contributed by atoms with Gasteiger partial charge in [0.1, 0.15) is 0 Å². The second kappa shape index (κ2) is 11.2. The van der Waals surface area contributed by atoms with Crippen LogP contribution in [0.15, 0.2) is 43.0 Å². The van der Waals surface area contributed by atoms with Crippen molar-refractivity contribution in [3.63, 3.8) is 0 Å². The number of alkyl halides is 8. The third-order valence-corrected chi connectivity index (χ3v) is 7.23. The molecule has 0 bridgehead atoms. The highest BCUT2D eigenvalue weighted by atomic mass is 35.5. The van der Waals surface area contributed by atoms with Crippen LogP contribution in [-0.2, 0) is 6.05 Å². The van der Waals surface area contributed by atoms with E-state index in [1.165, 1.54) is 19.1 Å². The number of hydrogen-bond acceptors (Lipinski definition) is 3. The van der Waals surface area contributed by atoms with Crippen LogP contribution in [0.3, 0.4) is 0 Å². The van der Waals surface area contributed by atoms with Crippen LogP contribution < -0.4 is 5.43 Å². The largest absolute Gasteiger partial charge is 0.399 e. The Labute approximate surface area is 226 Å². The van der Waals surface area contributed by atoms with Crippen molar-refractivity contribution >= 4 is 46.7 Å². The maximum atomic E-state index is 15.2. The topological polar surface area (TPSA) is 15.3 Å². The highest BCUT2D eigenvalue weighted by molar-refractivity contribution is 7.99. The fourth-order valence-corrected chi connectivity index (χ4v) is 5.00. The van der Waals surface area contributed by atoms with E-state index in [4.69, 9.17) is 23.2 Å². The maximum absolute atomic E-state index is 15.2. The molecule has 208 valence electrons.